The lowest BCUT2D eigenvalue weighted by Crippen LogP contribution is -2.35. The molecular formula is C40H42F2N6O4. The second-order valence-electron chi connectivity index (χ2n) is 13.8. The number of amides is 2. The van der Waals surface area contributed by atoms with Crippen molar-refractivity contribution in [2.24, 2.45) is 7.05 Å². The average molecular weight is 709 g/mol. The van der Waals surface area contributed by atoms with E-state index < -0.39 is 29.0 Å². The molecule has 3 heterocycles. The molecule has 1 fully saturated rings. The van der Waals surface area contributed by atoms with Gasteiger partial charge in [0.15, 0.2) is 5.78 Å². The minimum absolute atomic E-state index is 0.138. The van der Waals surface area contributed by atoms with Gasteiger partial charge in [-0.15, -0.1) is 0 Å². The summed E-state index contributed by atoms with van der Waals surface area (Å²) in [5.74, 6) is -2.70. The van der Waals surface area contributed by atoms with Crippen LogP contribution in [0, 0.1) is 25.5 Å². The van der Waals surface area contributed by atoms with Gasteiger partial charge < -0.3 is 29.4 Å². The van der Waals surface area contributed by atoms with Crippen LogP contribution in [0.1, 0.15) is 59.9 Å². The molecule has 1 saturated carbocycles. The van der Waals surface area contributed by atoms with Crippen molar-refractivity contribution in [1.82, 2.24) is 19.4 Å². The Kier molecular flexibility index (Phi) is 9.53. The zero-order chi connectivity index (χ0) is 36.8. The van der Waals surface area contributed by atoms with Crippen LogP contribution in [0.2, 0.25) is 0 Å². The van der Waals surface area contributed by atoms with Gasteiger partial charge in [0.1, 0.15) is 28.7 Å². The lowest BCUT2D eigenvalue weighted by molar-refractivity contribution is -0.116. The number of methoxy groups -OCH3 is 1. The molecule has 0 unspecified atom stereocenters. The molecule has 0 bridgehead atoms. The lowest BCUT2D eigenvalue weighted by atomic mass is 9.93. The minimum atomic E-state index is -1.06. The van der Waals surface area contributed by atoms with Gasteiger partial charge in [0, 0.05) is 86.7 Å². The number of nitrogens with zero attached hydrogens (tertiary/aromatic N) is 4. The first-order valence-corrected chi connectivity index (χ1v) is 17.6. The van der Waals surface area contributed by atoms with Gasteiger partial charge in [-0.1, -0.05) is 24.3 Å². The second-order valence-corrected chi connectivity index (χ2v) is 13.8. The van der Waals surface area contributed by atoms with Crippen molar-refractivity contribution in [2.75, 3.05) is 30.4 Å². The van der Waals surface area contributed by atoms with Crippen LogP contribution in [-0.2, 0) is 27.9 Å². The van der Waals surface area contributed by atoms with E-state index in [1.54, 1.807) is 24.3 Å². The number of imidazole rings is 1. The van der Waals surface area contributed by atoms with E-state index in [2.05, 4.69) is 16.7 Å². The Labute approximate surface area is 300 Å². The Bertz CT molecular complexity index is 2260. The predicted molar refractivity (Wildman–Crippen MR) is 198 cm³/mol. The summed E-state index contributed by atoms with van der Waals surface area (Å²) in [5.41, 5.74) is 5.16. The fourth-order valence-corrected chi connectivity index (χ4v) is 7.75. The number of nitrogens with one attached hydrogen (secondary N) is 2. The maximum absolute atomic E-state index is 15.4. The van der Waals surface area contributed by atoms with Crippen LogP contribution in [0.15, 0.2) is 54.7 Å². The van der Waals surface area contributed by atoms with Gasteiger partial charge in [0.25, 0.3) is 0 Å². The molecule has 2 aliphatic rings. The molecule has 5 aromatic rings. The number of carbonyl (C=O) groups is 3. The monoisotopic (exact) mass is 708 g/mol. The number of carbonyl (C=O) groups excluding carboxylic acids is 3. The Morgan fingerprint density at radius 1 is 1.04 bits per heavy atom. The molecular weight excluding hydrogens is 666 g/mol. The second kappa shape index (κ2) is 14.1. The van der Waals surface area contributed by atoms with Crippen molar-refractivity contribution < 1.29 is 27.9 Å². The van der Waals surface area contributed by atoms with Crippen molar-refractivity contribution in [3.63, 3.8) is 0 Å². The third-order valence-corrected chi connectivity index (χ3v) is 10.6. The third kappa shape index (κ3) is 6.30. The summed E-state index contributed by atoms with van der Waals surface area (Å²) in [6.07, 6.45) is 8.72. The molecule has 7 rings (SSSR count). The van der Waals surface area contributed by atoms with Crippen LogP contribution in [0.4, 0.5) is 20.2 Å². The van der Waals surface area contributed by atoms with Gasteiger partial charge in [-0.25, -0.2) is 13.8 Å². The average Bonchev–Trinajstić information content (AvgIpc) is 3.63. The van der Waals surface area contributed by atoms with E-state index in [0.29, 0.717) is 31.1 Å². The van der Waals surface area contributed by atoms with Gasteiger partial charge in [0.2, 0.25) is 11.8 Å². The van der Waals surface area contributed by atoms with Crippen LogP contribution < -0.4 is 15.5 Å². The van der Waals surface area contributed by atoms with E-state index >= 15 is 8.78 Å². The van der Waals surface area contributed by atoms with Gasteiger partial charge in [-0.2, -0.15) is 0 Å². The summed E-state index contributed by atoms with van der Waals surface area (Å²) in [5, 5.41) is 6.27. The van der Waals surface area contributed by atoms with E-state index in [-0.39, 0.29) is 23.1 Å². The maximum atomic E-state index is 15.4. The number of fused-ring (bicyclic) bond motifs is 4. The highest BCUT2D eigenvalue weighted by Crippen LogP contribution is 2.45. The number of para-hydroxylation sites is 1. The Morgan fingerprint density at radius 2 is 1.77 bits per heavy atom. The van der Waals surface area contributed by atoms with Crippen LogP contribution >= 0.6 is 0 Å². The molecule has 2 aromatic heterocycles. The molecule has 3 aromatic carbocycles. The largest absolute Gasteiger partial charge is 0.381 e. The molecule has 1 aliphatic heterocycles. The quantitative estimate of drug-likeness (QED) is 0.137. The van der Waals surface area contributed by atoms with Crippen molar-refractivity contribution in [2.45, 2.75) is 65.1 Å². The summed E-state index contributed by atoms with van der Waals surface area (Å²) in [6.45, 7) is 6.57. The van der Waals surface area contributed by atoms with E-state index in [4.69, 9.17) is 9.72 Å². The number of rotatable bonds is 8. The predicted octanol–water partition coefficient (Wildman–Crippen LogP) is 6.73. The van der Waals surface area contributed by atoms with Crippen LogP contribution in [0.5, 0.6) is 0 Å². The highest BCUT2D eigenvalue weighted by Gasteiger charge is 2.30. The number of halogens is 2. The zero-order valence-corrected chi connectivity index (χ0v) is 30.0. The number of ketones is 1. The maximum Gasteiger partial charge on any atom is 0.248 e. The summed E-state index contributed by atoms with van der Waals surface area (Å²) < 4.78 is 40.1. The number of hydrogen-bond acceptors (Lipinski definition) is 6. The smallest absolute Gasteiger partial charge is 0.248 e. The molecule has 0 saturated heterocycles. The van der Waals surface area contributed by atoms with Crippen LogP contribution in [0.3, 0.4) is 0 Å². The molecule has 0 radical (unpaired) electrons. The molecule has 52 heavy (non-hydrogen) atoms. The topological polar surface area (TPSA) is 110 Å². The summed E-state index contributed by atoms with van der Waals surface area (Å²) in [4.78, 5) is 46.3. The summed E-state index contributed by atoms with van der Waals surface area (Å²) in [7, 11) is 3.67. The fourth-order valence-electron chi connectivity index (χ4n) is 7.75. The van der Waals surface area contributed by atoms with Gasteiger partial charge in [-0.05, 0) is 63.3 Å². The van der Waals surface area contributed by atoms with Crippen molar-refractivity contribution >= 4 is 50.9 Å². The molecule has 1 aliphatic carbocycles. The van der Waals surface area contributed by atoms with E-state index in [1.807, 2.05) is 48.2 Å². The standard InChI is InChI=1S/C40H42F2N6O4/c1-22-18-33-37(44-23(2)46(33)4)39-35(22)29-9-6-8-28-30(21-47(38(28)29)16-17-48(39)24(3)49)40(51)25-19-31(41)36(32(42)20-25)45-34(50)10-7-15-43-26-11-13-27(52-5)14-12-26/h6-10,18-21,26-27,43H,11-17H2,1-5H3,(H,45,50)/b10-7+. The molecule has 2 amide bonds. The van der Waals surface area contributed by atoms with Crippen molar-refractivity contribution in [3.05, 3.63) is 88.9 Å². The molecule has 0 atom stereocenters. The van der Waals surface area contributed by atoms with Gasteiger partial charge in [-0.3, -0.25) is 14.4 Å². The molecule has 2 N–H and O–H groups in total. The lowest BCUT2D eigenvalue weighted by Gasteiger charge is -2.29. The number of ether oxygens (including phenoxy) is 1. The van der Waals surface area contributed by atoms with Crippen LogP contribution in [0.25, 0.3) is 33.1 Å². The normalized spacial score (nSPS) is 17.4. The number of hydrogen-bond donors (Lipinski definition) is 2. The summed E-state index contributed by atoms with van der Waals surface area (Å²) in [6, 6.07) is 9.89. The van der Waals surface area contributed by atoms with Gasteiger partial charge >= 0.3 is 0 Å². The highest BCUT2D eigenvalue weighted by molar-refractivity contribution is 6.19. The zero-order valence-electron chi connectivity index (χ0n) is 30.0. The summed E-state index contributed by atoms with van der Waals surface area (Å²) >= 11 is 0. The third-order valence-electron chi connectivity index (χ3n) is 10.6. The molecule has 12 heteroatoms. The highest BCUT2D eigenvalue weighted by atomic mass is 19.1. The van der Waals surface area contributed by atoms with Crippen LogP contribution in [-0.4, -0.2) is 64.1 Å². The van der Waals surface area contributed by atoms with Crippen molar-refractivity contribution in [1.29, 1.82) is 0 Å². The van der Waals surface area contributed by atoms with E-state index in [1.165, 1.54) is 13.0 Å². The first-order chi connectivity index (χ1) is 25.0. The first-order valence-electron chi connectivity index (χ1n) is 17.6. The Morgan fingerprint density at radius 3 is 2.46 bits per heavy atom. The molecule has 0 spiro atoms. The minimum Gasteiger partial charge on any atom is -0.381 e. The first kappa shape index (κ1) is 35.2. The number of benzene rings is 3. The van der Waals surface area contributed by atoms with E-state index in [9.17, 15) is 14.4 Å². The Balaban J connectivity index is 1.17. The van der Waals surface area contributed by atoms with Crippen molar-refractivity contribution in [3.8, 4) is 11.1 Å². The molecule has 10 nitrogen and oxygen atoms in total. The fraction of sp³-hybridized carbons (Fsp3) is 0.350. The number of anilines is 2. The SMILES string of the molecule is COC1CCC(NC/C=C/C(=O)Nc2c(F)cc(C(=O)c3cn4c5c(cccc35)-c3c(C)cc5c(nc(C)n5C)c3N(C(C)=O)CC4)cc2F)CC1. The number of aromatic nitrogens is 3. The molecule has 270 valence electrons. The number of aryl methyl sites for hydroxylation is 3. The van der Waals surface area contributed by atoms with Gasteiger partial charge in [0.05, 0.1) is 22.8 Å². The Hall–Kier alpha value is -5.20. The van der Waals surface area contributed by atoms with E-state index in [0.717, 1.165) is 82.6 Å².